The molecule has 22 heavy (non-hydrogen) atoms. The number of nitrogens with one attached hydrogen (secondary N) is 1. The summed E-state index contributed by atoms with van der Waals surface area (Å²) in [4.78, 5) is 18.7. The maximum Gasteiger partial charge on any atom is 0.256 e. The molecule has 0 unspecified atom stereocenters. The lowest BCUT2D eigenvalue weighted by atomic mass is 10.2. The van der Waals surface area contributed by atoms with Crippen LogP contribution in [0.4, 0.5) is 11.5 Å². The first-order valence-corrected chi connectivity index (χ1v) is 8.14. The number of amides is 1. The third-order valence-corrected chi connectivity index (χ3v) is 4.05. The van der Waals surface area contributed by atoms with E-state index in [2.05, 4.69) is 38.1 Å². The minimum Gasteiger partial charge on any atom is -0.360 e. The van der Waals surface area contributed by atoms with Crippen LogP contribution in [0.3, 0.4) is 0 Å². The van der Waals surface area contributed by atoms with Gasteiger partial charge in [-0.2, -0.15) is 0 Å². The molecule has 0 saturated heterocycles. The van der Waals surface area contributed by atoms with E-state index in [4.69, 9.17) is 0 Å². The first kappa shape index (κ1) is 16.5. The number of anilines is 2. The highest BCUT2D eigenvalue weighted by atomic mass is 79.9. The maximum atomic E-state index is 12.2. The lowest BCUT2D eigenvalue weighted by Crippen LogP contribution is -2.19. The Morgan fingerprint density at radius 3 is 2.68 bits per heavy atom. The van der Waals surface area contributed by atoms with Crippen LogP contribution in [0.5, 0.6) is 0 Å². The number of hydrogen-bond donors (Lipinski definition) is 1. The summed E-state index contributed by atoms with van der Waals surface area (Å²) in [6.07, 6.45) is 3.98. The van der Waals surface area contributed by atoms with Crippen molar-refractivity contribution in [1.82, 2.24) is 4.98 Å². The van der Waals surface area contributed by atoms with Gasteiger partial charge in [0.15, 0.2) is 0 Å². The van der Waals surface area contributed by atoms with Gasteiger partial charge in [-0.3, -0.25) is 4.79 Å². The summed E-state index contributed by atoms with van der Waals surface area (Å²) in [6, 6.07) is 11.1. The first-order valence-electron chi connectivity index (χ1n) is 7.35. The van der Waals surface area contributed by atoms with E-state index in [0.717, 1.165) is 29.7 Å². The van der Waals surface area contributed by atoms with Gasteiger partial charge in [-0.25, -0.2) is 4.98 Å². The molecule has 2 rings (SSSR count). The molecule has 1 aromatic heterocycles. The molecule has 0 aliphatic rings. The minimum absolute atomic E-state index is 0.152. The fraction of sp³-hybridized carbons (Fsp3) is 0.294. The Hall–Kier alpha value is -1.88. The summed E-state index contributed by atoms with van der Waals surface area (Å²) in [5.74, 6) is 0.758. The summed E-state index contributed by atoms with van der Waals surface area (Å²) >= 11 is 3.38. The van der Waals surface area contributed by atoms with Crippen molar-refractivity contribution in [1.29, 1.82) is 0 Å². The average Bonchev–Trinajstić information content (AvgIpc) is 2.53. The molecule has 0 atom stereocenters. The second-order valence-electron chi connectivity index (χ2n) is 5.11. The van der Waals surface area contributed by atoms with Crippen molar-refractivity contribution in [3.05, 3.63) is 52.6 Å². The number of pyridine rings is 1. The Morgan fingerprint density at radius 1 is 1.27 bits per heavy atom. The van der Waals surface area contributed by atoms with Crippen molar-refractivity contribution in [3.63, 3.8) is 0 Å². The molecule has 4 nitrogen and oxygen atoms in total. The SMILES string of the molecule is CCCCN(C)c1ccc(NC(=O)c2ccccc2Br)cn1. The number of benzene rings is 1. The topological polar surface area (TPSA) is 45.2 Å². The Bertz CT molecular complexity index is 628. The molecule has 5 heteroatoms. The van der Waals surface area contributed by atoms with Crippen LogP contribution in [0.15, 0.2) is 47.1 Å². The van der Waals surface area contributed by atoms with Crippen molar-refractivity contribution >= 4 is 33.3 Å². The molecule has 0 saturated carbocycles. The van der Waals surface area contributed by atoms with Crippen LogP contribution in [0, 0.1) is 0 Å². The van der Waals surface area contributed by atoms with E-state index in [1.54, 1.807) is 12.3 Å². The van der Waals surface area contributed by atoms with Gasteiger partial charge in [0.1, 0.15) is 5.82 Å². The number of carbonyl (C=O) groups is 1. The van der Waals surface area contributed by atoms with Gasteiger partial charge in [0.25, 0.3) is 5.91 Å². The van der Waals surface area contributed by atoms with Gasteiger partial charge in [-0.15, -0.1) is 0 Å². The molecular weight excluding hydrogens is 342 g/mol. The second kappa shape index (κ2) is 7.94. The third kappa shape index (κ3) is 4.31. The molecular formula is C17H20BrN3O. The van der Waals surface area contributed by atoms with E-state index >= 15 is 0 Å². The molecule has 0 bridgehead atoms. The van der Waals surface area contributed by atoms with E-state index in [0.29, 0.717) is 11.3 Å². The summed E-state index contributed by atoms with van der Waals surface area (Å²) in [6.45, 7) is 3.15. The van der Waals surface area contributed by atoms with Crippen molar-refractivity contribution in [2.75, 3.05) is 23.8 Å². The average molecular weight is 362 g/mol. The molecule has 0 aliphatic heterocycles. The molecule has 1 amide bonds. The van der Waals surface area contributed by atoms with Crippen molar-refractivity contribution < 1.29 is 4.79 Å². The number of hydrogen-bond acceptors (Lipinski definition) is 3. The fourth-order valence-corrected chi connectivity index (χ4v) is 2.50. The van der Waals surface area contributed by atoms with E-state index in [-0.39, 0.29) is 5.91 Å². The van der Waals surface area contributed by atoms with E-state index in [9.17, 15) is 4.79 Å². The Balaban J connectivity index is 2.02. The second-order valence-corrected chi connectivity index (χ2v) is 5.97. The Morgan fingerprint density at radius 2 is 2.05 bits per heavy atom. The molecule has 0 aliphatic carbocycles. The number of rotatable bonds is 6. The monoisotopic (exact) mass is 361 g/mol. The molecule has 2 aromatic rings. The quantitative estimate of drug-likeness (QED) is 0.832. The van der Waals surface area contributed by atoms with Gasteiger partial charge in [0, 0.05) is 18.1 Å². The van der Waals surface area contributed by atoms with Crippen LogP contribution in [-0.4, -0.2) is 24.5 Å². The molecule has 0 spiro atoms. The Labute approximate surface area is 139 Å². The molecule has 0 radical (unpaired) electrons. The van der Waals surface area contributed by atoms with E-state index < -0.39 is 0 Å². The lowest BCUT2D eigenvalue weighted by Gasteiger charge is -2.17. The zero-order valence-corrected chi connectivity index (χ0v) is 14.4. The van der Waals surface area contributed by atoms with E-state index in [1.807, 2.05) is 37.4 Å². The van der Waals surface area contributed by atoms with Crippen molar-refractivity contribution in [2.24, 2.45) is 0 Å². The van der Waals surface area contributed by atoms with Crippen LogP contribution in [-0.2, 0) is 0 Å². The number of unbranched alkanes of at least 4 members (excludes halogenated alkanes) is 1. The highest BCUT2D eigenvalue weighted by molar-refractivity contribution is 9.10. The number of nitrogens with zero attached hydrogens (tertiary/aromatic N) is 2. The largest absolute Gasteiger partial charge is 0.360 e. The molecule has 1 heterocycles. The molecule has 0 fully saturated rings. The van der Waals surface area contributed by atoms with Gasteiger partial charge in [0.2, 0.25) is 0 Å². The summed E-state index contributed by atoms with van der Waals surface area (Å²) in [7, 11) is 2.03. The van der Waals surface area contributed by atoms with Gasteiger partial charge >= 0.3 is 0 Å². The zero-order valence-electron chi connectivity index (χ0n) is 12.8. The summed E-state index contributed by atoms with van der Waals surface area (Å²) in [5, 5.41) is 2.86. The lowest BCUT2D eigenvalue weighted by molar-refractivity contribution is 0.102. The van der Waals surface area contributed by atoms with Crippen LogP contribution in [0.1, 0.15) is 30.1 Å². The van der Waals surface area contributed by atoms with Crippen LogP contribution >= 0.6 is 15.9 Å². The van der Waals surface area contributed by atoms with Gasteiger partial charge < -0.3 is 10.2 Å². The smallest absolute Gasteiger partial charge is 0.256 e. The number of halogens is 1. The van der Waals surface area contributed by atoms with Gasteiger partial charge in [-0.05, 0) is 46.6 Å². The van der Waals surface area contributed by atoms with Crippen LogP contribution in [0.25, 0.3) is 0 Å². The normalized spacial score (nSPS) is 10.3. The highest BCUT2D eigenvalue weighted by Crippen LogP contribution is 2.18. The van der Waals surface area contributed by atoms with Crippen molar-refractivity contribution in [2.45, 2.75) is 19.8 Å². The van der Waals surface area contributed by atoms with E-state index in [1.165, 1.54) is 0 Å². The number of aromatic nitrogens is 1. The Kier molecular flexibility index (Phi) is 5.95. The van der Waals surface area contributed by atoms with Crippen molar-refractivity contribution in [3.8, 4) is 0 Å². The van der Waals surface area contributed by atoms with Crippen LogP contribution < -0.4 is 10.2 Å². The zero-order chi connectivity index (χ0) is 15.9. The fourth-order valence-electron chi connectivity index (χ4n) is 2.04. The highest BCUT2D eigenvalue weighted by Gasteiger charge is 2.10. The molecule has 1 aromatic carbocycles. The third-order valence-electron chi connectivity index (χ3n) is 3.36. The first-order chi connectivity index (χ1) is 10.6. The molecule has 116 valence electrons. The molecule has 1 N–H and O–H groups in total. The predicted molar refractivity (Wildman–Crippen MR) is 94.5 cm³/mol. The maximum absolute atomic E-state index is 12.2. The minimum atomic E-state index is -0.152. The summed E-state index contributed by atoms with van der Waals surface area (Å²) < 4.78 is 0.774. The van der Waals surface area contributed by atoms with Gasteiger partial charge in [-0.1, -0.05) is 25.5 Å². The standard InChI is InChI=1S/C17H20BrN3O/c1-3-4-11-21(2)16-10-9-13(12-19-16)20-17(22)14-7-5-6-8-15(14)18/h5-10,12H,3-4,11H2,1-2H3,(H,20,22). The number of carbonyl (C=O) groups excluding carboxylic acids is 1. The summed E-state index contributed by atoms with van der Waals surface area (Å²) in [5.41, 5.74) is 1.29. The van der Waals surface area contributed by atoms with Gasteiger partial charge in [0.05, 0.1) is 17.4 Å². The predicted octanol–water partition coefficient (Wildman–Crippen LogP) is 4.33. The van der Waals surface area contributed by atoms with Crippen LogP contribution in [0.2, 0.25) is 0 Å².